The molecule has 0 fully saturated rings. The van der Waals surface area contributed by atoms with Gasteiger partial charge in [0.25, 0.3) is 17.3 Å². The molecule has 2 aromatic carbocycles. The molecule has 1 unspecified atom stereocenters. The molecule has 0 saturated carbocycles. The highest BCUT2D eigenvalue weighted by Gasteiger charge is 2.33. The van der Waals surface area contributed by atoms with Gasteiger partial charge in [-0.2, -0.15) is 0 Å². The molecule has 150 valence electrons. The first-order valence-corrected chi connectivity index (χ1v) is 10.0. The predicted molar refractivity (Wildman–Crippen MR) is 104 cm³/mol. The first kappa shape index (κ1) is 20.1. The van der Waals surface area contributed by atoms with E-state index in [0.717, 1.165) is 29.2 Å². The molecule has 1 aliphatic heterocycles. The van der Waals surface area contributed by atoms with Crippen molar-refractivity contribution in [2.45, 2.75) is 13.0 Å². The molecular weight excluding hydrogens is 402 g/mol. The Labute approximate surface area is 165 Å². The van der Waals surface area contributed by atoms with Crippen molar-refractivity contribution in [1.29, 1.82) is 0 Å². The summed E-state index contributed by atoms with van der Waals surface area (Å²) >= 11 is 0. The molecule has 1 heterocycles. The summed E-state index contributed by atoms with van der Waals surface area (Å²) in [5, 5.41) is 23.3. The van der Waals surface area contributed by atoms with Gasteiger partial charge >= 0.3 is 0 Å². The molecule has 1 atom stereocenters. The second-order valence-corrected chi connectivity index (χ2v) is 8.42. The third kappa shape index (κ3) is 4.29. The molecule has 10 nitrogen and oxygen atoms in total. The van der Waals surface area contributed by atoms with Gasteiger partial charge in [0.1, 0.15) is 0 Å². The maximum Gasteiger partial charge on any atom is 0.277 e. The van der Waals surface area contributed by atoms with Crippen molar-refractivity contribution in [2.24, 2.45) is 0 Å². The van der Waals surface area contributed by atoms with Gasteiger partial charge in [-0.3, -0.25) is 25.0 Å². The van der Waals surface area contributed by atoms with E-state index in [0.29, 0.717) is 5.69 Å². The number of amides is 1. The van der Waals surface area contributed by atoms with Gasteiger partial charge in [-0.15, -0.1) is 0 Å². The van der Waals surface area contributed by atoms with Gasteiger partial charge in [0.05, 0.1) is 33.3 Å². The summed E-state index contributed by atoms with van der Waals surface area (Å²) in [5.41, 5.74) is -0.241. The third-order valence-electron chi connectivity index (χ3n) is 4.34. The van der Waals surface area contributed by atoms with Gasteiger partial charge in [0.15, 0.2) is 9.84 Å². The van der Waals surface area contributed by atoms with E-state index >= 15 is 0 Å². The molecule has 0 radical (unpaired) electrons. The normalized spacial score (nSPS) is 17.1. The minimum absolute atomic E-state index is 0.288. The van der Waals surface area contributed by atoms with Gasteiger partial charge in [0, 0.05) is 23.2 Å². The van der Waals surface area contributed by atoms with E-state index < -0.39 is 43.0 Å². The van der Waals surface area contributed by atoms with Crippen LogP contribution in [0.1, 0.15) is 15.9 Å². The number of non-ortho nitro benzene ring substituents is 2. The van der Waals surface area contributed by atoms with Gasteiger partial charge in [-0.05, 0) is 25.1 Å². The van der Waals surface area contributed by atoms with Crippen molar-refractivity contribution in [3.8, 4) is 0 Å². The summed E-state index contributed by atoms with van der Waals surface area (Å²) in [5.74, 6) is -1.14. The number of hydrogen-bond donors (Lipinski definition) is 0. The Morgan fingerprint density at radius 3 is 2.03 bits per heavy atom. The van der Waals surface area contributed by atoms with Crippen LogP contribution in [-0.2, 0) is 9.84 Å². The van der Waals surface area contributed by atoms with Gasteiger partial charge in [-0.1, -0.05) is 17.7 Å². The van der Waals surface area contributed by atoms with Crippen LogP contribution in [0, 0.1) is 27.2 Å². The number of nitrogens with zero attached hydrogens (tertiary/aromatic N) is 3. The molecule has 0 spiro atoms. The van der Waals surface area contributed by atoms with E-state index in [4.69, 9.17) is 0 Å². The zero-order valence-electron chi connectivity index (χ0n) is 15.1. The Bertz CT molecular complexity index is 1110. The lowest BCUT2D eigenvalue weighted by molar-refractivity contribution is -0.394. The van der Waals surface area contributed by atoms with Crippen molar-refractivity contribution in [2.75, 3.05) is 10.7 Å². The Morgan fingerprint density at radius 1 is 1.03 bits per heavy atom. The number of carbonyl (C=O) groups excluding carboxylic acids is 1. The quantitative estimate of drug-likeness (QED) is 0.538. The van der Waals surface area contributed by atoms with Crippen LogP contribution in [0.4, 0.5) is 17.1 Å². The van der Waals surface area contributed by atoms with E-state index in [1.807, 2.05) is 6.92 Å². The largest absolute Gasteiger partial charge is 0.300 e. The van der Waals surface area contributed by atoms with Crippen LogP contribution in [-0.4, -0.2) is 36.0 Å². The standard InChI is InChI=1S/C18H15N3O7S/c1-12-2-4-14(5-3-12)19(15-6-7-29(27,28)11-15)18(22)13-8-16(20(23)24)10-17(9-13)21(25)26/h2-10,15H,11H2,1H3. The van der Waals surface area contributed by atoms with Crippen molar-refractivity contribution in [1.82, 2.24) is 0 Å². The highest BCUT2D eigenvalue weighted by Crippen LogP contribution is 2.28. The molecule has 11 heteroatoms. The maximum atomic E-state index is 13.2. The molecule has 3 rings (SSSR count). The van der Waals surface area contributed by atoms with Crippen LogP contribution >= 0.6 is 0 Å². The van der Waals surface area contributed by atoms with E-state index in [1.54, 1.807) is 24.3 Å². The summed E-state index contributed by atoms with van der Waals surface area (Å²) in [7, 11) is -3.51. The number of sulfone groups is 1. The third-order valence-corrected chi connectivity index (χ3v) is 5.72. The lowest BCUT2D eigenvalue weighted by Crippen LogP contribution is -2.41. The fourth-order valence-electron chi connectivity index (χ4n) is 2.95. The molecule has 0 aliphatic carbocycles. The van der Waals surface area contributed by atoms with Crippen LogP contribution in [0.25, 0.3) is 0 Å². The van der Waals surface area contributed by atoms with Crippen molar-refractivity contribution < 1.29 is 23.1 Å². The first-order valence-electron chi connectivity index (χ1n) is 8.32. The lowest BCUT2D eigenvalue weighted by Gasteiger charge is -2.28. The number of hydrogen-bond acceptors (Lipinski definition) is 7. The number of rotatable bonds is 5. The first-order chi connectivity index (χ1) is 13.6. The summed E-state index contributed by atoms with van der Waals surface area (Å²) < 4.78 is 23.7. The SMILES string of the molecule is Cc1ccc(N(C(=O)c2cc([N+](=O)[O-])cc([N+](=O)[O-])c2)C2C=CS(=O)(=O)C2)cc1. The molecule has 2 aromatic rings. The highest BCUT2D eigenvalue weighted by molar-refractivity contribution is 7.94. The monoisotopic (exact) mass is 417 g/mol. The molecule has 29 heavy (non-hydrogen) atoms. The van der Waals surface area contributed by atoms with Crippen LogP contribution < -0.4 is 4.90 Å². The van der Waals surface area contributed by atoms with E-state index in [9.17, 15) is 33.4 Å². The highest BCUT2D eigenvalue weighted by atomic mass is 32.2. The van der Waals surface area contributed by atoms with Gasteiger partial charge < -0.3 is 4.90 Å². The zero-order chi connectivity index (χ0) is 21.3. The van der Waals surface area contributed by atoms with E-state index in [1.165, 1.54) is 11.0 Å². The molecule has 0 N–H and O–H groups in total. The van der Waals surface area contributed by atoms with Crippen LogP contribution in [0.2, 0.25) is 0 Å². The predicted octanol–water partition coefficient (Wildman–Crippen LogP) is 2.77. The Kier molecular flexibility index (Phi) is 5.16. The molecule has 1 amide bonds. The second-order valence-electron chi connectivity index (χ2n) is 6.49. The smallest absolute Gasteiger partial charge is 0.277 e. The molecular formula is C18H15N3O7S. The zero-order valence-corrected chi connectivity index (χ0v) is 15.9. The van der Waals surface area contributed by atoms with Crippen molar-refractivity contribution >= 4 is 32.8 Å². The Balaban J connectivity index is 2.12. The molecule has 0 bridgehead atoms. The second kappa shape index (κ2) is 7.43. The summed E-state index contributed by atoms with van der Waals surface area (Å²) in [6.45, 7) is 1.83. The van der Waals surface area contributed by atoms with Crippen LogP contribution in [0.15, 0.2) is 53.9 Å². The maximum absolute atomic E-state index is 13.2. The lowest BCUT2D eigenvalue weighted by atomic mass is 10.1. The fourth-order valence-corrected chi connectivity index (χ4v) is 4.22. The number of nitro groups is 2. The van der Waals surface area contributed by atoms with Gasteiger partial charge in [0.2, 0.25) is 0 Å². The van der Waals surface area contributed by atoms with E-state index in [-0.39, 0.29) is 11.3 Å². The summed E-state index contributed by atoms with van der Waals surface area (Å²) in [6, 6.07) is 8.43. The summed E-state index contributed by atoms with van der Waals surface area (Å²) in [6.07, 6.45) is 1.35. The molecule has 1 aliphatic rings. The minimum atomic E-state index is -3.51. The van der Waals surface area contributed by atoms with Crippen LogP contribution in [0.3, 0.4) is 0 Å². The average molecular weight is 417 g/mol. The Hall–Kier alpha value is -3.60. The van der Waals surface area contributed by atoms with Crippen molar-refractivity contribution in [3.63, 3.8) is 0 Å². The van der Waals surface area contributed by atoms with E-state index in [2.05, 4.69) is 0 Å². The topological polar surface area (TPSA) is 141 Å². The van der Waals surface area contributed by atoms with Crippen molar-refractivity contribution in [3.05, 3.63) is 85.3 Å². The number of aryl methyl sites for hydroxylation is 1. The van der Waals surface area contributed by atoms with Gasteiger partial charge in [-0.25, -0.2) is 8.42 Å². The van der Waals surface area contributed by atoms with Crippen LogP contribution in [0.5, 0.6) is 0 Å². The number of benzene rings is 2. The number of nitro benzene ring substituents is 2. The number of anilines is 1. The molecule has 0 saturated heterocycles. The molecule has 0 aromatic heterocycles. The average Bonchev–Trinajstić information content (AvgIpc) is 3.02. The minimum Gasteiger partial charge on any atom is -0.300 e. The summed E-state index contributed by atoms with van der Waals surface area (Å²) in [4.78, 5) is 35.0. The Morgan fingerprint density at radius 2 is 1.59 bits per heavy atom. The number of carbonyl (C=O) groups is 1. The fraction of sp³-hybridized carbons (Fsp3) is 0.167.